The third kappa shape index (κ3) is 5.83. The molecule has 3 nitrogen and oxygen atoms in total. The highest BCUT2D eigenvalue weighted by atomic mass is 16.5. The van der Waals surface area contributed by atoms with E-state index in [1.54, 1.807) is 0 Å². The molecule has 0 amide bonds. The molecule has 90 valence electrons. The average Bonchev–Trinajstić information content (AvgIpc) is 2.30. The van der Waals surface area contributed by atoms with Crippen LogP contribution in [0, 0.1) is 0 Å². The molecule has 1 heterocycles. The van der Waals surface area contributed by atoms with Crippen molar-refractivity contribution < 1.29 is 4.74 Å². The molecule has 0 bridgehead atoms. The van der Waals surface area contributed by atoms with Crippen molar-refractivity contribution in [3.05, 3.63) is 30.1 Å². The Kier molecular flexibility index (Phi) is 6.77. The van der Waals surface area contributed by atoms with Crippen LogP contribution in [0.3, 0.4) is 0 Å². The Balaban J connectivity index is 2.00. The third-order valence-corrected chi connectivity index (χ3v) is 2.41. The molecule has 1 atom stereocenters. The number of pyridine rings is 1. The van der Waals surface area contributed by atoms with Crippen LogP contribution in [0.25, 0.3) is 0 Å². The van der Waals surface area contributed by atoms with Crippen LogP contribution < -0.4 is 5.32 Å². The van der Waals surface area contributed by atoms with Gasteiger partial charge in [0.15, 0.2) is 0 Å². The van der Waals surface area contributed by atoms with Gasteiger partial charge in [-0.1, -0.05) is 19.4 Å². The first-order chi connectivity index (χ1) is 7.83. The topological polar surface area (TPSA) is 34.1 Å². The fraction of sp³-hybridized carbons (Fsp3) is 0.615. The third-order valence-electron chi connectivity index (χ3n) is 2.41. The second-order valence-electron chi connectivity index (χ2n) is 3.97. The van der Waals surface area contributed by atoms with Gasteiger partial charge in [-0.15, -0.1) is 0 Å². The number of hydrogen-bond acceptors (Lipinski definition) is 3. The lowest BCUT2D eigenvalue weighted by atomic mass is 10.2. The molecule has 0 fully saturated rings. The lowest BCUT2D eigenvalue weighted by Crippen LogP contribution is -2.22. The van der Waals surface area contributed by atoms with Crippen LogP contribution in [-0.2, 0) is 11.3 Å². The second kappa shape index (κ2) is 8.25. The molecular formula is C13H22N2O. The highest BCUT2D eigenvalue weighted by molar-refractivity contribution is 5.02. The maximum atomic E-state index is 5.64. The van der Waals surface area contributed by atoms with Gasteiger partial charge in [-0.3, -0.25) is 4.98 Å². The summed E-state index contributed by atoms with van der Waals surface area (Å²) in [7, 11) is 0. The Bertz CT molecular complexity index is 264. The molecule has 0 radical (unpaired) electrons. The smallest absolute Gasteiger partial charge is 0.0594 e. The molecule has 1 aromatic rings. The Hall–Kier alpha value is -0.930. The Labute approximate surface area is 98.2 Å². The quantitative estimate of drug-likeness (QED) is 0.686. The van der Waals surface area contributed by atoms with Gasteiger partial charge in [0.25, 0.3) is 0 Å². The van der Waals surface area contributed by atoms with Gasteiger partial charge in [-0.2, -0.15) is 0 Å². The summed E-state index contributed by atoms with van der Waals surface area (Å²) in [5, 5.41) is 3.31. The molecular weight excluding hydrogens is 200 g/mol. The summed E-state index contributed by atoms with van der Waals surface area (Å²) in [6, 6.07) is 5.95. The summed E-state index contributed by atoms with van der Waals surface area (Å²) in [6.45, 7) is 6.77. The molecule has 1 unspecified atom stereocenters. The van der Waals surface area contributed by atoms with Gasteiger partial charge in [0.1, 0.15) is 0 Å². The van der Waals surface area contributed by atoms with E-state index in [2.05, 4.69) is 24.1 Å². The van der Waals surface area contributed by atoms with Crippen LogP contribution in [0.15, 0.2) is 24.4 Å². The summed E-state index contributed by atoms with van der Waals surface area (Å²) in [6.07, 6.45) is 4.52. The number of nitrogens with one attached hydrogen (secondary N) is 1. The van der Waals surface area contributed by atoms with Crippen molar-refractivity contribution in [1.29, 1.82) is 0 Å². The first-order valence-electron chi connectivity index (χ1n) is 6.05. The molecule has 1 N–H and O–H groups in total. The molecule has 0 saturated heterocycles. The van der Waals surface area contributed by atoms with Gasteiger partial charge in [0.2, 0.25) is 0 Å². The fourth-order valence-corrected chi connectivity index (χ4v) is 1.54. The van der Waals surface area contributed by atoms with Gasteiger partial charge in [-0.25, -0.2) is 0 Å². The Morgan fingerprint density at radius 1 is 1.44 bits per heavy atom. The van der Waals surface area contributed by atoms with Gasteiger partial charge in [0, 0.05) is 19.3 Å². The molecule has 0 aliphatic rings. The van der Waals surface area contributed by atoms with Crippen LogP contribution in [0.2, 0.25) is 0 Å². The highest BCUT2D eigenvalue weighted by Gasteiger charge is 1.99. The van der Waals surface area contributed by atoms with Crippen molar-refractivity contribution in [3.63, 3.8) is 0 Å². The van der Waals surface area contributed by atoms with Crippen LogP contribution in [0.4, 0.5) is 0 Å². The molecule has 1 aromatic heterocycles. The summed E-state index contributed by atoms with van der Waals surface area (Å²) in [5.41, 5.74) is 1.07. The van der Waals surface area contributed by atoms with Crippen LogP contribution in [-0.4, -0.2) is 24.2 Å². The summed E-state index contributed by atoms with van der Waals surface area (Å²) in [5.74, 6) is 0. The van der Waals surface area contributed by atoms with Crippen molar-refractivity contribution in [1.82, 2.24) is 10.3 Å². The maximum absolute atomic E-state index is 5.64. The van der Waals surface area contributed by atoms with Crippen LogP contribution in [0.5, 0.6) is 0 Å². The van der Waals surface area contributed by atoms with Crippen molar-refractivity contribution in [2.24, 2.45) is 0 Å². The molecule has 0 saturated carbocycles. The lowest BCUT2D eigenvalue weighted by molar-refractivity contribution is 0.0616. The summed E-state index contributed by atoms with van der Waals surface area (Å²) < 4.78 is 5.64. The number of rotatable bonds is 8. The molecule has 0 aromatic carbocycles. The number of aromatic nitrogens is 1. The predicted molar refractivity (Wildman–Crippen MR) is 66.3 cm³/mol. The Morgan fingerprint density at radius 3 is 3.00 bits per heavy atom. The zero-order valence-corrected chi connectivity index (χ0v) is 10.3. The monoisotopic (exact) mass is 222 g/mol. The van der Waals surface area contributed by atoms with Crippen LogP contribution >= 0.6 is 0 Å². The zero-order valence-electron chi connectivity index (χ0n) is 10.3. The van der Waals surface area contributed by atoms with Gasteiger partial charge in [0.05, 0.1) is 18.4 Å². The molecule has 0 spiro atoms. The molecule has 3 heteroatoms. The van der Waals surface area contributed by atoms with Crippen molar-refractivity contribution >= 4 is 0 Å². The minimum absolute atomic E-state index is 0.377. The first kappa shape index (κ1) is 13.1. The Morgan fingerprint density at radius 2 is 2.31 bits per heavy atom. The van der Waals surface area contributed by atoms with E-state index in [1.807, 2.05) is 24.4 Å². The van der Waals surface area contributed by atoms with E-state index in [4.69, 9.17) is 4.74 Å². The lowest BCUT2D eigenvalue weighted by Gasteiger charge is -2.12. The highest BCUT2D eigenvalue weighted by Crippen LogP contribution is 1.99. The van der Waals surface area contributed by atoms with Crippen molar-refractivity contribution in [2.45, 2.75) is 39.3 Å². The molecule has 1 rings (SSSR count). The SMILES string of the molecule is CCCC(C)OCCNCc1ccccn1. The van der Waals surface area contributed by atoms with E-state index < -0.39 is 0 Å². The van der Waals surface area contributed by atoms with E-state index in [1.165, 1.54) is 6.42 Å². The predicted octanol–water partition coefficient (Wildman–Crippen LogP) is 2.38. The zero-order chi connectivity index (χ0) is 11.6. The normalized spacial score (nSPS) is 12.6. The second-order valence-corrected chi connectivity index (χ2v) is 3.97. The standard InChI is InChI=1S/C13H22N2O/c1-3-6-12(2)16-10-9-14-11-13-7-4-5-8-15-13/h4-5,7-8,12,14H,3,6,9-11H2,1-2H3. The van der Waals surface area contributed by atoms with Crippen molar-refractivity contribution in [3.8, 4) is 0 Å². The van der Waals surface area contributed by atoms with Gasteiger partial charge >= 0.3 is 0 Å². The number of nitrogens with zero attached hydrogens (tertiary/aromatic N) is 1. The van der Waals surface area contributed by atoms with E-state index in [0.717, 1.165) is 31.8 Å². The van der Waals surface area contributed by atoms with E-state index >= 15 is 0 Å². The number of hydrogen-bond donors (Lipinski definition) is 1. The summed E-state index contributed by atoms with van der Waals surface area (Å²) >= 11 is 0. The van der Waals surface area contributed by atoms with Crippen LogP contribution in [0.1, 0.15) is 32.4 Å². The largest absolute Gasteiger partial charge is 0.377 e. The minimum atomic E-state index is 0.377. The fourth-order valence-electron chi connectivity index (χ4n) is 1.54. The molecule has 0 aliphatic heterocycles. The van der Waals surface area contributed by atoms with Gasteiger partial charge < -0.3 is 10.1 Å². The number of ether oxygens (including phenoxy) is 1. The first-order valence-corrected chi connectivity index (χ1v) is 6.05. The average molecular weight is 222 g/mol. The minimum Gasteiger partial charge on any atom is -0.377 e. The van der Waals surface area contributed by atoms with E-state index in [-0.39, 0.29) is 0 Å². The molecule has 16 heavy (non-hydrogen) atoms. The molecule has 0 aliphatic carbocycles. The van der Waals surface area contributed by atoms with Crippen molar-refractivity contribution in [2.75, 3.05) is 13.2 Å². The van der Waals surface area contributed by atoms with Gasteiger partial charge in [-0.05, 0) is 25.5 Å². The summed E-state index contributed by atoms with van der Waals surface area (Å²) in [4.78, 5) is 4.24. The maximum Gasteiger partial charge on any atom is 0.0594 e. The van der Waals surface area contributed by atoms with E-state index in [0.29, 0.717) is 6.10 Å². The van der Waals surface area contributed by atoms with E-state index in [9.17, 15) is 0 Å².